The lowest BCUT2D eigenvalue weighted by atomic mass is 9.89. The van der Waals surface area contributed by atoms with Crippen LogP contribution < -0.4 is 10.1 Å². The molecule has 7 nitrogen and oxygen atoms in total. The van der Waals surface area contributed by atoms with Crippen molar-refractivity contribution in [3.05, 3.63) is 42.0 Å². The van der Waals surface area contributed by atoms with Crippen LogP contribution in [-0.4, -0.2) is 39.4 Å². The molecule has 3 rings (SSSR count). The van der Waals surface area contributed by atoms with Crippen LogP contribution in [0.1, 0.15) is 54.4 Å². The Morgan fingerprint density at radius 3 is 2.73 bits per heavy atom. The van der Waals surface area contributed by atoms with E-state index in [4.69, 9.17) is 4.74 Å². The van der Waals surface area contributed by atoms with Crippen molar-refractivity contribution in [1.82, 2.24) is 20.1 Å². The van der Waals surface area contributed by atoms with E-state index in [0.29, 0.717) is 12.5 Å². The summed E-state index contributed by atoms with van der Waals surface area (Å²) in [5, 5.41) is 17.4. The second kappa shape index (κ2) is 8.80. The van der Waals surface area contributed by atoms with E-state index in [9.17, 15) is 9.90 Å². The first-order valence-electron chi connectivity index (χ1n) is 9.15. The first-order chi connectivity index (χ1) is 12.7. The number of benzene rings is 1. The van der Waals surface area contributed by atoms with Gasteiger partial charge in [0.1, 0.15) is 12.1 Å². The van der Waals surface area contributed by atoms with Gasteiger partial charge in [-0.15, -0.1) is 5.10 Å². The van der Waals surface area contributed by atoms with Crippen molar-refractivity contribution in [1.29, 1.82) is 0 Å². The maximum Gasteiger partial charge on any atom is 0.290 e. The molecule has 1 aromatic heterocycles. The monoisotopic (exact) mass is 358 g/mol. The van der Waals surface area contributed by atoms with Crippen LogP contribution in [0.3, 0.4) is 0 Å². The van der Waals surface area contributed by atoms with E-state index in [2.05, 4.69) is 15.4 Å². The highest BCUT2D eigenvalue weighted by Gasteiger charge is 2.17. The maximum absolute atomic E-state index is 12.2. The SMILES string of the molecule is COc1ccc([C@@H](O)Cn2cnc(C(=O)NCC3CCCCC3)n2)cc1. The zero-order chi connectivity index (χ0) is 18.4. The molecule has 2 N–H and O–H groups in total. The zero-order valence-corrected chi connectivity index (χ0v) is 15.1. The van der Waals surface area contributed by atoms with Gasteiger partial charge in [-0.05, 0) is 36.5 Å². The molecule has 26 heavy (non-hydrogen) atoms. The topological polar surface area (TPSA) is 89.3 Å². The summed E-state index contributed by atoms with van der Waals surface area (Å²) in [4.78, 5) is 16.3. The highest BCUT2D eigenvalue weighted by Crippen LogP contribution is 2.22. The average Bonchev–Trinajstić information content (AvgIpc) is 3.15. The van der Waals surface area contributed by atoms with E-state index in [1.54, 1.807) is 31.4 Å². The van der Waals surface area contributed by atoms with E-state index in [-0.39, 0.29) is 18.3 Å². The van der Waals surface area contributed by atoms with Crippen molar-refractivity contribution in [3.8, 4) is 5.75 Å². The van der Waals surface area contributed by atoms with E-state index in [1.165, 1.54) is 43.1 Å². The van der Waals surface area contributed by atoms with Crippen molar-refractivity contribution in [2.45, 2.75) is 44.8 Å². The van der Waals surface area contributed by atoms with Crippen LogP contribution >= 0.6 is 0 Å². The van der Waals surface area contributed by atoms with Crippen LogP contribution in [0.15, 0.2) is 30.6 Å². The van der Waals surface area contributed by atoms with Crippen LogP contribution in [0, 0.1) is 5.92 Å². The molecule has 0 bridgehead atoms. The number of carbonyl (C=O) groups is 1. The van der Waals surface area contributed by atoms with Crippen LogP contribution in [-0.2, 0) is 6.54 Å². The third-order valence-corrected chi connectivity index (χ3v) is 4.88. The molecule has 1 saturated carbocycles. The second-order valence-electron chi connectivity index (χ2n) is 6.79. The number of nitrogens with zero attached hydrogens (tertiary/aromatic N) is 3. The van der Waals surface area contributed by atoms with Crippen LogP contribution in [0.5, 0.6) is 5.75 Å². The number of carbonyl (C=O) groups excluding carboxylic acids is 1. The number of aliphatic hydroxyl groups excluding tert-OH is 1. The Morgan fingerprint density at radius 2 is 2.04 bits per heavy atom. The fourth-order valence-electron chi connectivity index (χ4n) is 3.30. The molecule has 0 saturated heterocycles. The number of hydrogen-bond donors (Lipinski definition) is 2. The molecule has 1 atom stereocenters. The number of aliphatic hydroxyl groups is 1. The third-order valence-electron chi connectivity index (χ3n) is 4.88. The highest BCUT2D eigenvalue weighted by molar-refractivity contribution is 5.90. The smallest absolute Gasteiger partial charge is 0.290 e. The van der Waals surface area contributed by atoms with Gasteiger partial charge in [0.25, 0.3) is 5.91 Å². The largest absolute Gasteiger partial charge is 0.497 e. The van der Waals surface area contributed by atoms with Gasteiger partial charge in [0, 0.05) is 6.54 Å². The Bertz CT molecular complexity index is 708. The van der Waals surface area contributed by atoms with Gasteiger partial charge in [0.05, 0.1) is 19.8 Å². The standard InChI is InChI=1S/C19H26N4O3/c1-26-16-9-7-15(8-10-16)17(24)12-23-13-21-18(22-23)19(25)20-11-14-5-3-2-4-6-14/h7-10,13-14,17,24H,2-6,11-12H2,1H3,(H,20,25)/t17-/m0/s1. The Balaban J connectivity index is 1.52. The number of ether oxygens (including phenoxy) is 1. The summed E-state index contributed by atoms with van der Waals surface area (Å²) in [7, 11) is 1.60. The van der Waals surface area contributed by atoms with Crippen LogP contribution in [0.25, 0.3) is 0 Å². The molecule has 7 heteroatoms. The lowest BCUT2D eigenvalue weighted by Crippen LogP contribution is -2.31. The lowest BCUT2D eigenvalue weighted by molar-refractivity contribution is 0.0931. The van der Waals surface area contributed by atoms with Crippen LogP contribution in [0.2, 0.25) is 0 Å². The quantitative estimate of drug-likeness (QED) is 0.793. The number of nitrogens with one attached hydrogen (secondary N) is 1. The fourth-order valence-corrected chi connectivity index (χ4v) is 3.30. The zero-order valence-electron chi connectivity index (χ0n) is 15.1. The van der Waals surface area contributed by atoms with Gasteiger partial charge < -0.3 is 15.2 Å². The Hall–Kier alpha value is -2.41. The van der Waals surface area contributed by atoms with Gasteiger partial charge >= 0.3 is 0 Å². The molecule has 1 aliphatic carbocycles. The summed E-state index contributed by atoms with van der Waals surface area (Å²) in [6.45, 7) is 0.914. The molecule has 0 aliphatic heterocycles. The highest BCUT2D eigenvalue weighted by atomic mass is 16.5. The number of rotatable bonds is 7. The summed E-state index contributed by atoms with van der Waals surface area (Å²) in [6.07, 6.45) is 6.88. The molecule has 0 radical (unpaired) electrons. The number of hydrogen-bond acceptors (Lipinski definition) is 5. The number of aromatic nitrogens is 3. The fraction of sp³-hybridized carbons (Fsp3) is 0.526. The van der Waals surface area contributed by atoms with Crippen molar-refractivity contribution < 1.29 is 14.6 Å². The molecular weight excluding hydrogens is 332 g/mol. The Morgan fingerprint density at radius 1 is 1.31 bits per heavy atom. The van der Waals surface area contributed by atoms with E-state index in [0.717, 1.165) is 11.3 Å². The minimum atomic E-state index is -0.735. The normalized spacial score (nSPS) is 16.2. The van der Waals surface area contributed by atoms with Gasteiger partial charge in [0.2, 0.25) is 5.82 Å². The average molecular weight is 358 g/mol. The predicted molar refractivity (Wildman–Crippen MR) is 96.9 cm³/mol. The summed E-state index contributed by atoms with van der Waals surface area (Å²) >= 11 is 0. The molecule has 1 heterocycles. The first-order valence-corrected chi connectivity index (χ1v) is 9.15. The molecule has 1 aliphatic rings. The summed E-state index contributed by atoms with van der Waals surface area (Å²) < 4.78 is 6.60. The molecule has 1 amide bonds. The van der Waals surface area contributed by atoms with Crippen molar-refractivity contribution in [2.24, 2.45) is 5.92 Å². The lowest BCUT2D eigenvalue weighted by Gasteiger charge is -2.21. The van der Waals surface area contributed by atoms with E-state index >= 15 is 0 Å². The van der Waals surface area contributed by atoms with E-state index in [1.807, 2.05) is 0 Å². The third kappa shape index (κ3) is 4.82. The van der Waals surface area contributed by atoms with Crippen molar-refractivity contribution in [2.75, 3.05) is 13.7 Å². The van der Waals surface area contributed by atoms with Gasteiger partial charge in [-0.1, -0.05) is 31.4 Å². The second-order valence-corrected chi connectivity index (χ2v) is 6.79. The van der Waals surface area contributed by atoms with Gasteiger partial charge in [-0.25, -0.2) is 9.67 Å². The number of methoxy groups -OCH3 is 1. The van der Waals surface area contributed by atoms with E-state index < -0.39 is 6.10 Å². The summed E-state index contributed by atoms with van der Waals surface area (Å²) in [6, 6.07) is 7.20. The molecule has 140 valence electrons. The Kier molecular flexibility index (Phi) is 6.22. The molecule has 0 spiro atoms. The predicted octanol–water partition coefficient (Wildman–Crippen LogP) is 2.33. The molecule has 1 fully saturated rings. The first kappa shape index (κ1) is 18.4. The molecule has 1 aromatic carbocycles. The summed E-state index contributed by atoms with van der Waals surface area (Å²) in [5.74, 6) is 1.18. The number of amides is 1. The molecule has 0 unspecified atom stereocenters. The van der Waals surface area contributed by atoms with Crippen LogP contribution in [0.4, 0.5) is 0 Å². The van der Waals surface area contributed by atoms with Crippen molar-refractivity contribution >= 4 is 5.91 Å². The molecule has 2 aromatic rings. The van der Waals surface area contributed by atoms with Gasteiger partial charge in [0.15, 0.2) is 0 Å². The minimum absolute atomic E-state index is 0.141. The Labute approximate surface area is 153 Å². The molecular formula is C19H26N4O3. The maximum atomic E-state index is 12.2. The minimum Gasteiger partial charge on any atom is -0.497 e. The van der Waals surface area contributed by atoms with Gasteiger partial charge in [-0.2, -0.15) is 0 Å². The summed E-state index contributed by atoms with van der Waals surface area (Å²) in [5.41, 5.74) is 0.754. The van der Waals surface area contributed by atoms with Gasteiger partial charge in [-0.3, -0.25) is 4.79 Å². The van der Waals surface area contributed by atoms with Crippen molar-refractivity contribution in [3.63, 3.8) is 0 Å².